The molecule has 2 unspecified atom stereocenters. The normalized spacial score (nSPS) is 19.0. The van der Waals surface area contributed by atoms with Crippen molar-refractivity contribution >= 4 is 86.8 Å². The van der Waals surface area contributed by atoms with Crippen LogP contribution < -0.4 is 4.90 Å². The maximum Gasteiger partial charge on any atom is 0.240 e. The van der Waals surface area contributed by atoms with E-state index in [4.69, 9.17) is 15.0 Å². The molecule has 7 aromatic carbocycles. The van der Waals surface area contributed by atoms with Crippen LogP contribution in [-0.2, 0) is 5.41 Å². The van der Waals surface area contributed by atoms with Gasteiger partial charge in [-0.3, -0.25) is 4.57 Å². The molecule has 0 spiro atoms. The van der Waals surface area contributed by atoms with Gasteiger partial charge in [0.2, 0.25) is 11.9 Å². The number of anilines is 2. The summed E-state index contributed by atoms with van der Waals surface area (Å²) in [6.45, 7) is 4.91. The average molecular weight is 793 g/mol. The lowest BCUT2D eigenvalue weighted by molar-refractivity contribution is 0.193. The molecule has 0 bridgehead atoms. The van der Waals surface area contributed by atoms with E-state index >= 15 is 0 Å². The van der Waals surface area contributed by atoms with Gasteiger partial charge in [-0.25, -0.2) is 0 Å². The Kier molecular flexibility index (Phi) is 7.01. The molecule has 1 fully saturated rings. The summed E-state index contributed by atoms with van der Waals surface area (Å²) in [7, 11) is 0. The van der Waals surface area contributed by atoms with Gasteiger partial charge >= 0.3 is 0 Å². The van der Waals surface area contributed by atoms with E-state index in [1.165, 1.54) is 59.4 Å². The predicted molar refractivity (Wildman–Crippen MR) is 250 cm³/mol. The number of hydrogen-bond donors (Lipinski definition) is 0. The Morgan fingerprint density at radius 1 is 0.483 bits per heavy atom. The summed E-state index contributed by atoms with van der Waals surface area (Å²) in [6, 6.07) is 57.0. The monoisotopic (exact) mass is 792 g/mol. The molecule has 0 N–H and O–H groups in total. The zero-order valence-electron chi connectivity index (χ0n) is 33.4. The Hall–Kier alpha value is -6.83. The number of fused-ring (bicyclic) bond motifs is 13. The molecule has 7 heteroatoms. The van der Waals surface area contributed by atoms with Gasteiger partial charge in [0, 0.05) is 58.4 Å². The van der Waals surface area contributed by atoms with Crippen LogP contribution in [0.25, 0.3) is 86.8 Å². The smallest absolute Gasteiger partial charge is 0.240 e. The minimum atomic E-state index is -0.235. The van der Waals surface area contributed by atoms with Crippen molar-refractivity contribution in [3.05, 3.63) is 163 Å². The van der Waals surface area contributed by atoms with Crippen LogP contribution in [0.1, 0.15) is 45.1 Å². The molecule has 6 nitrogen and oxygen atoms in total. The molecule has 60 heavy (non-hydrogen) atoms. The van der Waals surface area contributed by atoms with Gasteiger partial charge in [-0.05, 0) is 73.9 Å². The Morgan fingerprint density at radius 2 is 1.08 bits per heavy atom. The van der Waals surface area contributed by atoms with E-state index in [-0.39, 0.29) is 11.0 Å². The average Bonchev–Trinajstić information content (AvgIpc) is 4.00. The first kappa shape index (κ1) is 34.1. The van der Waals surface area contributed by atoms with Crippen molar-refractivity contribution in [2.24, 2.45) is 0 Å². The third-order valence-electron chi connectivity index (χ3n) is 14.2. The summed E-state index contributed by atoms with van der Waals surface area (Å²) in [5, 5.41) is 7.43. The van der Waals surface area contributed by atoms with Crippen molar-refractivity contribution < 1.29 is 0 Å². The van der Waals surface area contributed by atoms with Gasteiger partial charge in [0.25, 0.3) is 0 Å². The lowest BCUT2D eigenvalue weighted by Crippen LogP contribution is -2.55. The van der Waals surface area contributed by atoms with Crippen molar-refractivity contribution in [2.75, 3.05) is 4.90 Å². The highest BCUT2D eigenvalue weighted by molar-refractivity contribution is 7.26. The molecule has 0 saturated heterocycles. The van der Waals surface area contributed by atoms with E-state index in [2.05, 4.69) is 186 Å². The molecule has 1 saturated carbocycles. The van der Waals surface area contributed by atoms with Gasteiger partial charge in [0.1, 0.15) is 0 Å². The summed E-state index contributed by atoms with van der Waals surface area (Å²) in [5.74, 6) is 1.94. The number of para-hydroxylation sites is 5. The zero-order valence-corrected chi connectivity index (χ0v) is 34.2. The molecule has 1 aliphatic carbocycles. The minimum Gasteiger partial charge on any atom is -0.309 e. The fourth-order valence-corrected chi connectivity index (χ4v) is 12.4. The first-order valence-electron chi connectivity index (χ1n) is 21.1. The number of rotatable bonds is 4. The number of benzene rings is 7. The molecular formula is C53H40N6S. The number of thiophene rings is 1. The summed E-state index contributed by atoms with van der Waals surface area (Å²) in [4.78, 5) is 19.3. The summed E-state index contributed by atoms with van der Waals surface area (Å²) < 4.78 is 7.25. The van der Waals surface area contributed by atoms with Crippen LogP contribution in [0.3, 0.4) is 0 Å². The summed E-state index contributed by atoms with van der Waals surface area (Å²) >= 11 is 1.87. The topological polar surface area (TPSA) is 51.8 Å². The Morgan fingerprint density at radius 3 is 1.87 bits per heavy atom. The Balaban J connectivity index is 1.14. The largest absolute Gasteiger partial charge is 0.309 e. The maximum absolute atomic E-state index is 5.63. The maximum atomic E-state index is 5.63. The predicted octanol–water partition coefficient (Wildman–Crippen LogP) is 13.8. The molecule has 0 radical (unpaired) electrons. The molecule has 1 aliphatic heterocycles. The number of hydrogen-bond acceptors (Lipinski definition) is 5. The van der Waals surface area contributed by atoms with Gasteiger partial charge < -0.3 is 9.47 Å². The van der Waals surface area contributed by atoms with Crippen molar-refractivity contribution in [1.82, 2.24) is 24.1 Å². The molecular weight excluding hydrogens is 753 g/mol. The number of nitrogens with zero attached hydrogens (tertiary/aromatic N) is 6. The van der Waals surface area contributed by atoms with Crippen molar-refractivity contribution in [1.29, 1.82) is 0 Å². The van der Waals surface area contributed by atoms with Gasteiger partial charge in [-0.15, -0.1) is 11.3 Å². The van der Waals surface area contributed by atoms with Crippen LogP contribution in [-0.4, -0.2) is 29.6 Å². The highest BCUT2D eigenvalue weighted by Gasteiger charge is 2.58. The van der Waals surface area contributed by atoms with E-state index in [9.17, 15) is 0 Å². The molecule has 2 atom stereocenters. The fourth-order valence-electron chi connectivity index (χ4n) is 11.2. The zero-order chi connectivity index (χ0) is 39.7. The second-order valence-corrected chi connectivity index (χ2v) is 18.2. The molecule has 5 heterocycles. The minimum absolute atomic E-state index is 0.0602. The standard InChI is InChI=1S/C53H40N6S/c1-52-31-15-16-32-53(52,2)59(44-27-13-8-22-39(44)52)51-55-49(38-21-6-12-26-43(38)57-40-23-9-3-17-33(40)34-18-4-10-24-41(34)57)54-50(56-51)58-42-25-11-5-20-37(42)47-45(58)30-29-36-35-19-7-14-28-46(35)60-48(36)47/h3-14,17-30H,15-16,31-32H2,1-2H3. The van der Waals surface area contributed by atoms with Gasteiger partial charge in [-0.2, -0.15) is 15.0 Å². The molecule has 2 aliphatic rings. The Labute approximate surface area is 351 Å². The first-order valence-corrected chi connectivity index (χ1v) is 21.9. The Bertz CT molecular complexity index is 3520. The second-order valence-electron chi connectivity index (χ2n) is 17.1. The van der Waals surface area contributed by atoms with Crippen LogP contribution in [0.15, 0.2) is 158 Å². The molecule has 288 valence electrons. The molecule has 13 rings (SSSR count). The summed E-state index contributed by atoms with van der Waals surface area (Å²) in [6.07, 6.45) is 4.54. The lowest BCUT2D eigenvalue weighted by Gasteiger charge is -2.49. The van der Waals surface area contributed by atoms with Crippen molar-refractivity contribution in [2.45, 2.75) is 50.5 Å². The van der Waals surface area contributed by atoms with Crippen molar-refractivity contribution in [3.63, 3.8) is 0 Å². The highest BCUT2D eigenvalue weighted by atomic mass is 32.1. The van der Waals surface area contributed by atoms with E-state index in [1.54, 1.807) is 0 Å². The van der Waals surface area contributed by atoms with Crippen LogP contribution in [0.5, 0.6) is 0 Å². The fraction of sp³-hybridized carbons (Fsp3) is 0.151. The van der Waals surface area contributed by atoms with Crippen LogP contribution in [0, 0.1) is 0 Å². The second kappa shape index (κ2) is 12.4. The van der Waals surface area contributed by atoms with Gasteiger partial charge in [0.05, 0.1) is 33.3 Å². The third kappa shape index (κ3) is 4.45. The van der Waals surface area contributed by atoms with Gasteiger partial charge in [-0.1, -0.05) is 129 Å². The molecule has 0 amide bonds. The van der Waals surface area contributed by atoms with Crippen molar-refractivity contribution in [3.8, 4) is 23.0 Å². The van der Waals surface area contributed by atoms with E-state index in [0.717, 1.165) is 52.6 Å². The molecule has 4 aromatic heterocycles. The lowest BCUT2D eigenvalue weighted by atomic mass is 9.61. The first-order chi connectivity index (χ1) is 29.5. The SMILES string of the molecule is CC12CCCCC1(C)N(c1nc(-c3ccccc3-n3c4ccccc4c4ccccc43)nc(-n3c4ccccc4c4c5sc6ccccc6c5ccc43)n1)c1ccccc12. The van der Waals surface area contributed by atoms with E-state index < -0.39 is 0 Å². The van der Waals surface area contributed by atoms with E-state index in [1.807, 2.05) is 11.3 Å². The number of aromatic nitrogens is 5. The van der Waals surface area contributed by atoms with E-state index in [0.29, 0.717) is 17.7 Å². The van der Waals surface area contributed by atoms with Crippen LogP contribution >= 0.6 is 11.3 Å². The highest BCUT2D eigenvalue weighted by Crippen LogP contribution is 2.60. The third-order valence-corrected chi connectivity index (χ3v) is 15.4. The quantitative estimate of drug-likeness (QED) is 0.178. The van der Waals surface area contributed by atoms with Gasteiger partial charge in [0.15, 0.2) is 5.82 Å². The summed E-state index contributed by atoms with van der Waals surface area (Å²) in [5.41, 5.74) is 8.72. The van der Waals surface area contributed by atoms with Crippen LogP contribution in [0.4, 0.5) is 11.6 Å². The molecule has 11 aromatic rings. The van der Waals surface area contributed by atoms with Crippen LogP contribution in [0.2, 0.25) is 0 Å².